The molecular weight excluding hydrogens is 328 g/mol. The normalized spacial score (nSPS) is 14.4. The molecule has 7 heteroatoms. The Bertz CT molecular complexity index is 913. The van der Waals surface area contributed by atoms with Crippen LogP contribution in [0.5, 0.6) is 0 Å². The minimum Gasteiger partial charge on any atom is -0.293 e. The third kappa shape index (κ3) is 2.39. The molecule has 1 aromatic carbocycles. The molecule has 0 atom stereocenters. The molecule has 0 spiro atoms. The lowest BCUT2D eigenvalue weighted by molar-refractivity contribution is -0.112. The van der Waals surface area contributed by atoms with Crippen LogP contribution in [0.4, 0.5) is 5.13 Å². The number of carbonyl (C=O) groups excluding carboxylic acids is 1. The Hall–Kier alpha value is -2.64. The van der Waals surface area contributed by atoms with Crippen LogP contribution in [0, 0.1) is 5.41 Å². The number of hydrogen-bond acceptors (Lipinski definition) is 6. The molecule has 3 heterocycles. The zero-order chi connectivity index (χ0) is 15.8. The van der Waals surface area contributed by atoms with Gasteiger partial charge in [0.25, 0.3) is 0 Å². The number of carbonyl (C=O) groups is 1. The maximum atomic E-state index is 12.3. The Morgan fingerprint density at radius 2 is 1.87 bits per heavy atom. The summed E-state index contributed by atoms with van der Waals surface area (Å²) in [4.78, 5) is 17.6. The second kappa shape index (κ2) is 5.53. The quantitative estimate of drug-likeness (QED) is 0.792. The molecule has 0 fully saturated rings. The van der Waals surface area contributed by atoms with Gasteiger partial charge in [-0.15, -0.1) is 22.7 Å². The third-order valence-electron chi connectivity index (χ3n) is 3.34. The van der Waals surface area contributed by atoms with Crippen LogP contribution in [0.15, 0.2) is 58.3 Å². The van der Waals surface area contributed by atoms with Crippen LogP contribution in [0.2, 0.25) is 0 Å². The van der Waals surface area contributed by atoms with Crippen molar-refractivity contribution in [3.05, 3.63) is 58.1 Å². The molecule has 1 N–H and O–H groups in total. The van der Waals surface area contributed by atoms with E-state index in [0.717, 1.165) is 16.1 Å². The van der Waals surface area contributed by atoms with Gasteiger partial charge in [-0.3, -0.25) is 10.2 Å². The first-order valence-corrected chi connectivity index (χ1v) is 8.57. The summed E-state index contributed by atoms with van der Waals surface area (Å²) >= 11 is 2.80. The van der Waals surface area contributed by atoms with Crippen molar-refractivity contribution in [1.29, 1.82) is 5.41 Å². The van der Waals surface area contributed by atoms with Crippen molar-refractivity contribution in [1.82, 2.24) is 4.98 Å². The number of thiophene rings is 1. The molecule has 0 saturated heterocycles. The number of aromatic nitrogens is 1. The van der Waals surface area contributed by atoms with Crippen molar-refractivity contribution in [2.24, 2.45) is 5.10 Å². The number of nitrogens with one attached hydrogen (secondary N) is 1. The summed E-state index contributed by atoms with van der Waals surface area (Å²) < 4.78 is 0. The highest BCUT2D eigenvalue weighted by atomic mass is 32.1. The van der Waals surface area contributed by atoms with E-state index < -0.39 is 5.91 Å². The predicted octanol–water partition coefficient (Wildman–Crippen LogP) is 3.64. The molecule has 0 aliphatic carbocycles. The summed E-state index contributed by atoms with van der Waals surface area (Å²) in [7, 11) is 0. The van der Waals surface area contributed by atoms with Crippen molar-refractivity contribution in [2.75, 3.05) is 5.01 Å². The van der Waals surface area contributed by atoms with Gasteiger partial charge in [-0.1, -0.05) is 36.4 Å². The van der Waals surface area contributed by atoms with Crippen molar-refractivity contribution in [3.63, 3.8) is 0 Å². The third-order valence-corrected chi connectivity index (χ3v) is 5.03. The van der Waals surface area contributed by atoms with Gasteiger partial charge in [0.05, 0.1) is 10.6 Å². The zero-order valence-electron chi connectivity index (χ0n) is 11.8. The molecule has 112 valence electrons. The fourth-order valence-electron chi connectivity index (χ4n) is 2.22. The number of thiazole rings is 1. The van der Waals surface area contributed by atoms with Gasteiger partial charge in [-0.25, -0.2) is 4.98 Å². The summed E-state index contributed by atoms with van der Waals surface area (Å²) in [6.45, 7) is 0. The monoisotopic (exact) mass is 338 g/mol. The van der Waals surface area contributed by atoms with Crippen LogP contribution in [0.25, 0.3) is 11.3 Å². The van der Waals surface area contributed by atoms with E-state index in [1.54, 1.807) is 0 Å². The van der Waals surface area contributed by atoms with Crippen LogP contribution in [-0.4, -0.2) is 22.3 Å². The standard InChI is InChI=1S/C16H10N4OS2/c17-13-14(12-7-4-8-22-12)19-20(15(13)21)16-18-11(9-23-16)10-5-2-1-3-6-10/h1-9,17H. The molecule has 2 aromatic heterocycles. The van der Waals surface area contributed by atoms with Crippen molar-refractivity contribution < 1.29 is 4.79 Å². The summed E-state index contributed by atoms with van der Waals surface area (Å²) in [6.07, 6.45) is 0. The first-order valence-electron chi connectivity index (χ1n) is 6.81. The number of rotatable bonds is 3. The zero-order valence-corrected chi connectivity index (χ0v) is 13.4. The van der Waals surface area contributed by atoms with Crippen LogP contribution < -0.4 is 5.01 Å². The number of nitrogens with zero attached hydrogens (tertiary/aromatic N) is 3. The second-order valence-corrected chi connectivity index (χ2v) is 6.58. The van der Waals surface area contributed by atoms with Crippen molar-refractivity contribution in [3.8, 4) is 11.3 Å². The van der Waals surface area contributed by atoms with E-state index in [1.807, 2.05) is 53.2 Å². The van der Waals surface area contributed by atoms with Gasteiger partial charge in [0.1, 0.15) is 5.71 Å². The van der Waals surface area contributed by atoms with E-state index in [4.69, 9.17) is 5.41 Å². The molecule has 4 rings (SSSR count). The van der Waals surface area contributed by atoms with Crippen LogP contribution in [0.3, 0.4) is 0 Å². The van der Waals surface area contributed by atoms with E-state index in [9.17, 15) is 4.79 Å². The Balaban J connectivity index is 1.70. The summed E-state index contributed by atoms with van der Waals surface area (Å²) in [6, 6.07) is 13.5. The minimum atomic E-state index is -0.442. The lowest BCUT2D eigenvalue weighted by atomic mass is 10.2. The van der Waals surface area contributed by atoms with Crippen LogP contribution in [0.1, 0.15) is 4.88 Å². The van der Waals surface area contributed by atoms with E-state index in [-0.39, 0.29) is 5.71 Å². The van der Waals surface area contributed by atoms with Gasteiger partial charge in [0.15, 0.2) is 5.71 Å². The average Bonchev–Trinajstić information content (AvgIpc) is 3.31. The maximum Gasteiger partial charge on any atom is 0.301 e. The number of hydrazone groups is 1. The van der Waals surface area contributed by atoms with E-state index >= 15 is 0 Å². The van der Waals surface area contributed by atoms with Crippen LogP contribution in [-0.2, 0) is 4.79 Å². The first-order chi connectivity index (χ1) is 11.2. The van der Waals surface area contributed by atoms with Gasteiger partial charge < -0.3 is 0 Å². The molecule has 3 aromatic rings. The smallest absolute Gasteiger partial charge is 0.293 e. The molecule has 0 bridgehead atoms. The van der Waals surface area contributed by atoms with Gasteiger partial charge in [-0.05, 0) is 11.4 Å². The highest BCUT2D eigenvalue weighted by Gasteiger charge is 2.34. The summed E-state index contributed by atoms with van der Waals surface area (Å²) in [5.41, 5.74) is 2.09. The Labute approximate surface area is 140 Å². The minimum absolute atomic E-state index is 0.0936. The number of amides is 1. The Morgan fingerprint density at radius 1 is 1.04 bits per heavy atom. The molecule has 5 nitrogen and oxygen atoms in total. The topological polar surface area (TPSA) is 69.4 Å². The lowest BCUT2D eigenvalue weighted by Gasteiger charge is -2.05. The predicted molar refractivity (Wildman–Crippen MR) is 93.6 cm³/mol. The van der Waals surface area contributed by atoms with E-state index in [1.165, 1.54) is 27.7 Å². The fraction of sp³-hybridized carbons (Fsp3) is 0. The Morgan fingerprint density at radius 3 is 2.61 bits per heavy atom. The number of hydrogen-bond donors (Lipinski definition) is 1. The van der Waals surface area contributed by atoms with Gasteiger partial charge >= 0.3 is 5.91 Å². The molecule has 1 aliphatic heterocycles. The van der Waals surface area contributed by atoms with E-state index in [0.29, 0.717) is 10.8 Å². The highest BCUT2D eigenvalue weighted by Crippen LogP contribution is 2.30. The summed E-state index contributed by atoms with van der Waals surface area (Å²) in [5.74, 6) is -0.442. The molecule has 0 radical (unpaired) electrons. The molecular formula is C16H10N4OS2. The van der Waals surface area contributed by atoms with E-state index in [2.05, 4.69) is 10.1 Å². The molecule has 1 aliphatic rings. The Kier molecular flexibility index (Phi) is 3.36. The van der Waals surface area contributed by atoms with Crippen molar-refractivity contribution >= 4 is 45.1 Å². The first kappa shape index (κ1) is 14.0. The highest BCUT2D eigenvalue weighted by molar-refractivity contribution is 7.15. The largest absolute Gasteiger partial charge is 0.301 e. The molecule has 1 amide bonds. The molecule has 0 saturated carbocycles. The second-order valence-electron chi connectivity index (χ2n) is 4.80. The summed E-state index contributed by atoms with van der Waals surface area (Å²) in [5, 5.41) is 17.8. The SMILES string of the molecule is N=C1C(=O)N(c2nc(-c3ccccc3)cs2)N=C1c1cccs1. The van der Waals surface area contributed by atoms with Gasteiger partial charge in [0.2, 0.25) is 5.13 Å². The fourth-order valence-corrected chi connectivity index (χ4v) is 3.72. The van der Waals surface area contributed by atoms with Gasteiger partial charge in [0, 0.05) is 10.9 Å². The lowest BCUT2D eigenvalue weighted by Crippen LogP contribution is -2.26. The van der Waals surface area contributed by atoms with Crippen LogP contribution >= 0.6 is 22.7 Å². The number of benzene rings is 1. The number of anilines is 1. The molecule has 23 heavy (non-hydrogen) atoms. The van der Waals surface area contributed by atoms with Gasteiger partial charge in [-0.2, -0.15) is 10.1 Å². The van der Waals surface area contributed by atoms with Crippen molar-refractivity contribution in [2.45, 2.75) is 0 Å². The molecule has 0 unspecified atom stereocenters. The maximum absolute atomic E-state index is 12.3. The average molecular weight is 338 g/mol.